The van der Waals surface area contributed by atoms with Crippen molar-refractivity contribution in [2.75, 3.05) is 6.61 Å². The van der Waals surface area contributed by atoms with Crippen molar-refractivity contribution < 1.29 is 4.52 Å². The van der Waals surface area contributed by atoms with Crippen LogP contribution in [0, 0.1) is 0 Å². The van der Waals surface area contributed by atoms with Gasteiger partial charge in [-0.15, -0.1) is 0 Å². The minimum atomic E-state index is -0.421. The third-order valence-corrected chi connectivity index (χ3v) is 4.12. The number of hydrogen-bond acceptors (Lipinski definition) is 1. The summed E-state index contributed by atoms with van der Waals surface area (Å²) in [5.74, 6) is 0. The highest BCUT2D eigenvalue weighted by molar-refractivity contribution is 7.61. The zero-order valence-electron chi connectivity index (χ0n) is 9.23. The van der Waals surface area contributed by atoms with Gasteiger partial charge in [0.25, 0.3) is 0 Å². The van der Waals surface area contributed by atoms with E-state index in [4.69, 9.17) is 4.52 Å². The lowest BCUT2D eigenvalue weighted by Gasteiger charge is -2.21. The maximum atomic E-state index is 5.90. The van der Waals surface area contributed by atoms with E-state index in [-0.39, 0.29) is 0 Å². The molecule has 14 heavy (non-hydrogen) atoms. The molecule has 1 atom stereocenters. The van der Waals surface area contributed by atoms with Gasteiger partial charge in [0.15, 0.2) is 0 Å². The van der Waals surface area contributed by atoms with Crippen LogP contribution in [0.1, 0.15) is 27.2 Å². The Morgan fingerprint density at radius 3 is 2.36 bits per heavy atom. The Labute approximate surface area is 88.3 Å². The SMILES string of the molecule is CCCOP(c1ccccc1)C(C)C. The van der Waals surface area contributed by atoms with Gasteiger partial charge in [0.2, 0.25) is 0 Å². The molecule has 0 heterocycles. The summed E-state index contributed by atoms with van der Waals surface area (Å²) in [6.45, 7) is 7.49. The molecular weight excluding hydrogens is 191 g/mol. The first-order chi connectivity index (χ1) is 6.75. The standard InChI is InChI=1S/C12H19OP/c1-4-10-13-14(11(2)3)12-8-6-5-7-9-12/h5-9,11H,4,10H2,1-3H3. The van der Waals surface area contributed by atoms with Crippen LogP contribution in [0.3, 0.4) is 0 Å². The van der Waals surface area contributed by atoms with E-state index in [0.29, 0.717) is 5.66 Å². The summed E-state index contributed by atoms with van der Waals surface area (Å²) in [5, 5.41) is 1.35. The fourth-order valence-corrected chi connectivity index (χ4v) is 3.18. The van der Waals surface area contributed by atoms with Crippen molar-refractivity contribution in [1.82, 2.24) is 0 Å². The first-order valence-electron chi connectivity index (χ1n) is 5.23. The Hall–Kier alpha value is -0.390. The first kappa shape index (κ1) is 11.7. The average molecular weight is 210 g/mol. The van der Waals surface area contributed by atoms with Crippen molar-refractivity contribution in [3.8, 4) is 0 Å². The van der Waals surface area contributed by atoms with E-state index in [1.54, 1.807) is 0 Å². The van der Waals surface area contributed by atoms with E-state index in [2.05, 4.69) is 51.1 Å². The molecule has 0 saturated heterocycles. The molecule has 0 fully saturated rings. The molecule has 0 aliphatic rings. The molecule has 0 radical (unpaired) electrons. The van der Waals surface area contributed by atoms with Crippen LogP contribution in [0.15, 0.2) is 30.3 Å². The highest BCUT2D eigenvalue weighted by atomic mass is 31.1. The highest BCUT2D eigenvalue weighted by Gasteiger charge is 2.15. The minimum Gasteiger partial charge on any atom is -0.354 e. The van der Waals surface area contributed by atoms with Crippen molar-refractivity contribution in [2.45, 2.75) is 32.9 Å². The fraction of sp³-hybridized carbons (Fsp3) is 0.500. The summed E-state index contributed by atoms with van der Waals surface area (Å²) in [5.41, 5.74) is 0.596. The van der Waals surface area contributed by atoms with Gasteiger partial charge in [-0.3, -0.25) is 0 Å². The van der Waals surface area contributed by atoms with E-state index in [0.717, 1.165) is 13.0 Å². The van der Waals surface area contributed by atoms with Crippen molar-refractivity contribution in [2.24, 2.45) is 0 Å². The number of rotatable bonds is 5. The van der Waals surface area contributed by atoms with Gasteiger partial charge >= 0.3 is 0 Å². The summed E-state index contributed by atoms with van der Waals surface area (Å²) in [6, 6.07) is 10.6. The molecule has 0 aliphatic heterocycles. The van der Waals surface area contributed by atoms with Gasteiger partial charge in [-0.05, 0) is 6.42 Å². The zero-order valence-corrected chi connectivity index (χ0v) is 10.1. The third-order valence-electron chi connectivity index (χ3n) is 1.91. The molecule has 1 aromatic carbocycles. The van der Waals surface area contributed by atoms with E-state index in [9.17, 15) is 0 Å². The molecule has 1 aromatic rings. The molecular formula is C12H19OP. The number of hydrogen-bond donors (Lipinski definition) is 0. The van der Waals surface area contributed by atoms with Gasteiger partial charge in [0.1, 0.15) is 0 Å². The molecule has 2 heteroatoms. The molecule has 0 aliphatic carbocycles. The normalized spacial score (nSPS) is 13.1. The molecule has 0 aromatic heterocycles. The third kappa shape index (κ3) is 3.40. The molecule has 78 valence electrons. The molecule has 0 N–H and O–H groups in total. The van der Waals surface area contributed by atoms with Crippen LogP contribution >= 0.6 is 8.15 Å². The monoisotopic (exact) mass is 210 g/mol. The maximum absolute atomic E-state index is 5.90. The summed E-state index contributed by atoms with van der Waals surface area (Å²) in [4.78, 5) is 0. The van der Waals surface area contributed by atoms with E-state index < -0.39 is 8.15 Å². The van der Waals surface area contributed by atoms with Crippen molar-refractivity contribution in [1.29, 1.82) is 0 Å². The Morgan fingerprint density at radius 1 is 1.21 bits per heavy atom. The van der Waals surface area contributed by atoms with Crippen LogP contribution in [-0.4, -0.2) is 12.3 Å². The average Bonchev–Trinajstić information content (AvgIpc) is 2.19. The van der Waals surface area contributed by atoms with E-state index >= 15 is 0 Å². The quantitative estimate of drug-likeness (QED) is 0.675. The molecule has 0 spiro atoms. The molecule has 0 amide bonds. The van der Waals surface area contributed by atoms with E-state index in [1.807, 2.05) is 0 Å². The van der Waals surface area contributed by atoms with Gasteiger partial charge in [-0.1, -0.05) is 51.1 Å². The lowest BCUT2D eigenvalue weighted by Crippen LogP contribution is -2.10. The fourth-order valence-electron chi connectivity index (χ4n) is 1.29. The smallest absolute Gasteiger partial charge is 0.0629 e. The van der Waals surface area contributed by atoms with Crippen molar-refractivity contribution in [3.63, 3.8) is 0 Å². The second kappa shape index (κ2) is 6.16. The molecule has 1 rings (SSSR count). The molecule has 1 nitrogen and oxygen atoms in total. The summed E-state index contributed by atoms with van der Waals surface area (Å²) in [7, 11) is -0.421. The lowest BCUT2D eigenvalue weighted by atomic mass is 10.4. The predicted octanol–water partition coefficient (Wildman–Crippen LogP) is 3.54. The van der Waals surface area contributed by atoms with Gasteiger partial charge in [0.05, 0.1) is 14.8 Å². The Morgan fingerprint density at radius 2 is 1.86 bits per heavy atom. The van der Waals surface area contributed by atoms with Crippen LogP contribution in [-0.2, 0) is 4.52 Å². The topological polar surface area (TPSA) is 9.23 Å². The van der Waals surface area contributed by atoms with Gasteiger partial charge in [-0.25, -0.2) is 0 Å². The molecule has 1 unspecified atom stereocenters. The lowest BCUT2D eigenvalue weighted by molar-refractivity contribution is 0.353. The second-order valence-electron chi connectivity index (χ2n) is 3.59. The highest BCUT2D eigenvalue weighted by Crippen LogP contribution is 2.40. The Bertz CT molecular complexity index is 246. The minimum absolute atomic E-state index is 0.421. The van der Waals surface area contributed by atoms with Crippen LogP contribution in [0.2, 0.25) is 0 Å². The second-order valence-corrected chi connectivity index (χ2v) is 6.05. The molecule has 0 saturated carbocycles. The zero-order chi connectivity index (χ0) is 10.4. The maximum Gasteiger partial charge on any atom is 0.0629 e. The molecule has 0 bridgehead atoms. The summed E-state index contributed by atoms with van der Waals surface area (Å²) >= 11 is 0. The first-order valence-corrected chi connectivity index (χ1v) is 6.55. The van der Waals surface area contributed by atoms with Gasteiger partial charge in [0, 0.05) is 11.0 Å². The van der Waals surface area contributed by atoms with Crippen LogP contribution in [0.5, 0.6) is 0 Å². The summed E-state index contributed by atoms with van der Waals surface area (Å²) in [6.07, 6.45) is 1.10. The predicted molar refractivity (Wildman–Crippen MR) is 64.4 cm³/mol. The summed E-state index contributed by atoms with van der Waals surface area (Å²) < 4.78 is 5.90. The Balaban J connectivity index is 2.68. The van der Waals surface area contributed by atoms with Crippen LogP contribution < -0.4 is 5.30 Å². The number of benzene rings is 1. The van der Waals surface area contributed by atoms with Crippen molar-refractivity contribution in [3.05, 3.63) is 30.3 Å². The van der Waals surface area contributed by atoms with Gasteiger partial charge in [-0.2, -0.15) is 0 Å². The van der Waals surface area contributed by atoms with E-state index in [1.165, 1.54) is 5.30 Å². The van der Waals surface area contributed by atoms with Crippen LogP contribution in [0.4, 0.5) is 0 Å². The van der Waals surface area contributed by atoms with Gasteiger partial charge < -0.3 is 4.52 Å². The van der Waals surface area contributed by atoms with Crippen LogP contribution in [0.25, 0.3) is 0 Å². The largest absolute Gasteiger partial charge is 0.354 e. The Kier molecular flexibility index (Phi) is 5.14. The van der Waals surface area contributed by atoms with Crippen molar-refractivity contribution >= 4 is 13.5 Å².